The van der Waals surface area contributed by atoms with Gasteiger partial charge in [0.2, 0.25) is 0 Å². The number of ether oxygens (including phenoxy) is 2. The maximum absolute atomic E-state index is 12.3. The van der Waals surface area contributed by atoms with Crippen LogP contribution in [0.3, 0.4) is 0 Å². The molecule has 5 rings (SSSR count). The molecule has 0 saturated carbocycles. The molecular weight excluding hydrogens is 799 g/mol. The summed E-state index contributed by atoms with van der Waals surface area (Å²) in [5.74, 6) is 0.517. The first-order valence-electron chi connectivity index (χ1n) is 19.5. The number of amides is 1. The number of rotatable bonds is 16. The number of nitrogen functional groups attached to an aromatic ring is 1. The minimum Gasteiger partial charge on any atom is -0.489 e. The highest BCUT2D eigenvalue weighted by atomic mass is 32.2. The fourth-order valence-electron chi connectivity index (χ4n) is 5.61. The monoisotopic (exact) mass is 851 g/mol. The first kappa shape index (κ1) is 47.2. The number of nitro groups is 1. The van der Waals surface area contributed by atoms with Crippen molar-refractivity contribution in [3.8, 4) is 5.75 Å². The van der Waals surface area contributed by atoms with Gasteiger partial charge in [-0.25, -0.2) is 9.18 Å². The highest BCUT2D eigenvalue weighted by Crippen LogP contribution is 2.26. The molecule has 12 nitrogen and oxygen atoms in total. The number of hydrogen-bond donors (Lipinski definition) is 2. The molecule has 0 unspecified atom stereocenters. The minimum atomic E-state index is -3.89. The molecule has 322 valence electrons. The lowest BCUT2D eigenvalue weighted by Gasteiger charge is -2.24. The Balaban J connectivity index is 0.000000326. The summed E-state index contributed by atoms with van der Waals surface area (Å²) in [6, 6.07) is 32.1. The van der Waals surface area contributed by atoms with E-state index in [9.17, 15) is 27.7 Å². The fourth-order valence-corrected chi connectivity index (χ4v) is 6.55. The van der Waals surface area contributed by atoms with Gasteiger partial charge in [0.05, 0.1) is 22.1 Å². The Morgan fingerprint density at radius 2 is 1.39 bits per heavy atom. The molecule has 0 aliphatic rings. The van der Waals surface area contributed by atoms with Crippen molar-refractivity contribution in [2.24, 2.45) is 0 Å². The maximum atomic E-state index is 12.3. The normalized spacial score (nSPS) is 11.5. The summed E-state index contributed by atoms with van der Waals surface area (Å²) in [5, 5.41) is 14.8. The third-order valence-corrected chi connectivity index (χ3v) is 10.2. The molecule has 0 atom stereocenters. The molecule has 1 amide bonds. The molecule has 0 aromatic heterocycles. The lowest BCUT2D eigenvalue weighted by atomic mass is 10.0. The summed E-state index contributed by atoms with van der Waals surface area (Å²) < 4.78 is 52.4. The molecule has 0 spiro atoms. The van der Waals surface area contributed by atoms with Crippen LogP contribution in [-0.2, 0) is 25.5 Å². The Morgan fingerprint density at radius 3 is 1.95 bits per heavy atom. The van der Waals surface area contributed by atoms with Crippen LogP contribution < -0.4 is 20.7 Å². The first-order chi connectivity index (χ1) is 29.0. The predicted molar refractivity (Wildman–Crippen MR) is 243 cm³/mol. The van der Waals surface area contributed by atoms with Gasteiger partial charge in [-0.15, -0.1) is 0 Å². The van der Waals surface area contributed by atoms with Crippen molar-refractivity contribution >= 4 is 63.3 Å². The van der Waals surface area contributed by atoms with Gasteiger partial charge in [-0.2, -0.15) is 8.42 Å². The number of carbonyl (C=O) groups is 1. The summed E-state index contributed by atoms with van der Waals surface area (Å²) in [6.45, 7) is 6.68. The van der Waals surface area contributed by atoms with Gasteiger partial charge >= 0.3 is 6.09 Å². The third kappa shape index (κ3) is 15.2. The highest BCUT2D eigenvalue weighted by Gasteiger charge is 2.21. The van der Waals surface area contributed by atoms with E-state index in [4.69, 9.17) is 19.4 Å². The van der Waals surface area contributed by atoms with Crippen molar-refractivity contribution in [3.63, 3.8) is 0 Å². The van der Waals surface area contributed by atoms with Gasteiger partial charge < -0.3 is 20.5 Å². The molecule has 61 heavy (non-hydrogen) atoms. The molecule has 0 radical (unpaired) electrons. The molecule has 0 fully saturated rings. The number of hydrogen-bond acceptors (Lipinski definition) is 10. The van der Waals surface area contributed by atoms with E-state index in [2.05, 4.69) is 5.32 Å². The Hall–Kier alpha value is -6.51. The number of nitrogens with one attached hydrogen (secondary N) is 1. The second-order valence-electron chi connectivity index (χ2n) is 14.8. The number of halogens is 1. The van der Waals surface area contributed by atoms with Crippen LogP contribution in [-0.4, -0.2) is 59.0 Å². The topological polar surface area (TPSA) is 163 Å². The van der Waals surface area contributed by atoms with Gasteiger partial charge in [-0.1, -0.05) is 84.5 Å². The van der Waals surface area contributed by atoms with Gasteiger partial charge in [0.1, 0.15) is 24.6 Å². The number of aryl methyl sites for hydroxylation is 2. The number of nitrogens with zero attached hydrogens (tertiary/aromatic N) is 2. The van der Waals surface area contributed by atoms with Crippen molar-refractivity contribution in [1.82, 2.24) is 0 Å². The summed E-state index contributed by atoms with van der Waals surface area (Å²) >= 11 is 0. The SMILES string of the molecule is CNc1ccc(/C=C/c2ccc(OCC[18F])c(N)c2)cc1.Cc1ccc(S(=O)(=O)OCCCc2ccc(/C=C/c3ccc(N(C)C(=O)OC(C)(C)C)cc3)cc2[N+](=O)[O-])cc1. The lowest BCUT2D eigenvalue weighted by Crippen LogP contribution is -2.34. The van der Waals surface area contributed by atoms with Crippen LogP contribution in [0.25, 0.3) is 24.3 Å². The van der Waals surface area contributed by atoms with Gasteiger partial charge in [0, 0.05) is 37.1 Å². The van der Waals surface area contributed by atoms with Crippen LogP contribution in [0.2, 0.25) is 0 Å². The van der Waals surface area contributed by atoms with E-state index in [1.165, 1.54) is 23.1 Å². The molecular formula is C47H53FN4O8S. The van der Waals surface area contributed by atoms with Crippen LogP contribution in [0.1, 0.15) is 60.6 Å². The highest BCUT2D eigenvalue weighted by molar-refractivity contribution is 7.86. The summed E-state index contributed by atoms with van der Waals surface area (Å²) in [4.78, 5) is 25.0. The molecule has 3 N–H and O–H groups in total. The van der Waals surface area contributed by atoms with E-state index in [0.717, 1.165) is 27.9 Å². The average Bonchev–Trinajstić information content (AvgIpc) is 3.23. The molecule has 0 heterocycles. The van der Waals surface area contributed by atoms with E-state index in [1.807, 2.05) is 80.7 Å². The van der Waals surface area contributed by atoms with E-state index >= 15 is 0 Å². The smallest absolute Gasteiger partial charge is 0.414 e. The Kier molecular flexibility index (Phi) is 17.2. The number of anilines is 3. The lowest BCUT2D eigenvalue weighted by molar-refractivity contribution is -0.385. The number of alkyl halides is 1. The molecule has 5 aromatic carbocycles. The van der Waals surface area contributed by atoms with Gasteiger partial charge in [-0.05, 0) is 111 Å². The first-order valence-corrected chi connectivity index (χ1v) is 20.9. The van der Waals surface area contributed by atoms with Crippen LogP contribution in [0.15, 0.2) is 114 Å². The zero-order valence-corrected chi connectivity index (χ0v) is 36.1. The average molecular weight is 852 g/mol. The van der Waals surface area contributed by atoms with Crippen molar-refractivity contribution in [3.05, 3.63) is 153 Å². The number of nitrogens with two attached hydrogens (primary N) is 1. The summed E-state index contributed by atoms with van der Waals surface area (Å²) in [7, 11) is -0.364. The Labute approximate surface area is 357 Å². The third-order valence-electron chi connectivity index (χ3n) is 8.90. The van der Waals surface area contributed by atoms with Gasteiger partial charge in [-0.3, -0.25) is 19.2 Å². The molecule has 0 aliphatic carbocycles. The quantitative estimate of drug-likeness (QED) is 0.0244. The van der Waals surface area contributed by atoms with Crippen LogP contribution in [0, 0.1) is 17.0 Å². The summed E-state index contributed by atoms with van der Waals surface area (Å²) in [5.41, 5.74) is 12.5. The van der Waals surface area contributed by atoms with Crippen molar-refractivity contribution in [2.75, 3.05) is 49.9 Å². The molecule has 5 aromatic rings. The summed E-state index contributed by atoms with van der Waals surface area (Å²) in [6.07, 6.45) is 7.70. The van der Waals surface area contributed by atoms with E-state index < -0.39 is 33.4 Å². The largest absolute Gasteiger partial charge is 0.489 e. The van der Waals surface area contributed by atoms with E-state index in [1.54, 1.807) is 76.4 Å². The second-order valence-corrected chi connectivity index (χ2v) is 16.5. The Bertz CT molecular complexity index is 2400. The van der Waals surface area contributed by atoms with Crippen LogP contribution in [0.5, 0.6) is 5.75 Å². The molecule has 0 saturated heterocycles. The zero-order chi connectivity index (χ0) is 44.6. The standard InChI is InChI=1S/C30H34N2O7S.C17H19FN2O/c1-22-8-18-27(19-9-22)40(36,37)38-20-6-7-25-15-12-24(21-28(25)32(34)35)11-10-23-13-16-26(17-14-23)31(5)29(33)39-30(2,3)4;1-20-15-7-4-13(5-8-15)2-3-14-6-9-17(16(19)12-14)21-11-10-18/h8-19,21H,6-7,20H2,1-5H3;2-9,12,20H,10-11,19H2,1H3/b11-10+;3-2+/i;18-1. The minimum absolute atomic E-state index is 0.0250. The number of carbonyl (C=O) groups excluding carboxylic acids is 1. The Morgan fingerprint density at radius 1 is 0.836 bits per heavy atom. The number of nitro benzene ring substituents is 1. The molecule has 0 bridgehead atoms. The number of benzene rings is 5. The van der Waals surface area contributed by atoms with Crippen LogP contribution in [0.4, 0.5) is 31.9 Å². The zero-order valence-electron chi connectivity index (χ0n) is 35.3. The molecule has 0 aliphatic heterocycles. The van der Waals surface area contributed by atoms with Crippen molar-refractivity contribution in [1.29, 1.82) is 0 Å². The van der Waals surface area contributed by atoms with E-state index in [0.29, 0.717) is 34.7 Å². The predicted octanol–water partition coefficient (Wildman–Crippen LogP) is 10.6. The van der Waals surface area contributed by atoms with Crippen LogP contribution >= 0.6 is 0 Å². The van der Waals surface area contributed by atoms with Gasteiger partial charge in [0.15, 0.2) is 0 Å². The molecule has 14 heteroatoms. The van der Waals surface area contributed by atoms with Crippen molar-refractivity contribution in [2.45, 2.75) is 51.0 Å². The maximum Gasteiger partial charge on any atom is 0.414 e. The van der Waals surface area contributed by atoms with Gasteiger partial charge in [0.25, 0.3) is 15.8 Å². The van der Waals surface area contributed by atoms with Crippen molar-refractivity contribution < 1.29 is 36.2 Å². The second kappa shape index (κ2) is 22.2. The van der Waals surface area contributed by atoms with E-state index in [-0.39, 0.29) is 30.2 Å². The fraction of sp³-hybridized carbons (Fsp3) is 0.255.